The predicted octanol–water partition coefficient (Wildman–Crippen LogP) is 0.311. The molecule has 0 spiro atoms. The highest BCUT2D eigenvalue weighted by Gasteiger charge is 2.28. The first-order valence-corrected chi connectivity index (χ1v) is 5.64. The summed E-state index contributed by atoms with van der Waals surface area (Å²) < 4.78 is 5.58. The van der Waals surface area contributed by atoms with Crippen LogP contribution in [0.5, 0.6) is 0 Å². The molecule has 0 saturated carbocycles. The third-order valence-corrected chi connectivity index (χ3v) is 3.07. The minimum atomic E-state index is 0.0522. The van der Waals surface area contributed by atoms with Crippen LogP contribution >= 0.6 is 0 Å². The number of nitrogens with zero attached hydrogens (tertiary/aromatic N) is 3. The lowest BCUT2D eigenvalue weighted by Gasteiger charge is -2.19. The lowest BCUT2D eigenvalue weighted by atomic mass is 10.2. The third-order valence-electron chi connectivity index (χ3n) is 3.07. The minimum absolute atomic E-state index is 0.0522. The lowest BCUT2D eigenvalue weighted by molar-refractivity contribution is 0.262. The molecule has 2 N–H and O–H groups in total. The molecule has 1 fully saturated rings. The Morgan fingerprint density at radius 2 is 2.44 bits per heavy atom. The van der Waals surface area contributed by atoms with Crippen molar-refractivity contribution in [1.29, 1.82) is 0 Å². The molecule has 0 amide bonds. The van der Waals surface area contributed by atoms with Crippen molar-refractivity contribution < 1.29 is 9.52 Å². The summed E-state index contributed by atoms with van der Waals surface area (Å²) in [7, 11) is 1.85. The summed E-state index contributed by atoms with van der Waals surface area (Å²) in [6, 6.07) is 0.697. The lowest BCUT2D eigenvalue weighted by Crippen LogP contribution is -2.32. The van der Waals surface area contributed by atoms with Crippen LogP contribution in [0.4, 0.5) is 6.01 Å². The maximum atomic E-state index is 9.22. The molecule has 2 atom stereocenters. The predicted molar refractivity (Wildman–Crippen MR) is 59.2 cm³/mol. The van der Waals surface area contributed by atoms with E-state index in [0.29, 0.717) is 11.9 Å². The number of anilines is 1. The van der Waals surface area contributed by atoms with E-state index in [0.717, 1.165) is 19.4 Å². The van der Waals surface area contributed by atoms with E-state index in [1.54, 1.807) is 0 Å². The number of nitrogens with one attached hydrogen (secondary N) is 1. The Kier molecular flexibility index (Phi) is 3.40. The van der Waals surface area contributed by atoms with Crippen molar-refractivity contribution in [2.75, 3.05) is 25.1 Å². The van der Waals surface area contributed by atoms with E-state index in [1.165, 1.54) is 0 Å². The van der Waals surface area contributed by atoms with E-state index in [9.17, 15) is 5.11 Å². The van der Waals surface area contributed by atoms with Crippen LogP contribution < -0.4 is 10.2 Å². The first kappa shape index (κ1) is 11.3. The molecule has 1 aliphatic heterocycles. The summed E-state index contributed by atoms with van der Waals surface area (Å²) >= 11 is 0. The largest absolute Gasteiger partial charge is 0.406 e. The quantitative estimate of drug-likeness (QED) is 0.769. The van der Waals surface area contributed by atoms with Gasteiger partial charge in [-0.2, -0.15) is 0 Å². The first-order chi connectivity index (χ1) is 7.76. The maximum absolute atomic E-state index is 9.22. The molecule has 6 nitrogen and oxygen atoms in total. The van der Waals surface area contributed by atoms with Gasteiger partial charge in [-0.25, -0.2) is 0 Å². The molecule has 2 heterocycles. The monoisotopic (exact) mass is 226 g/mol. The Morgan fingerprint density at radius 1 is 1.62 bits per heavy atom. The number of aliphatic hydroxyl groups excluding tert-OH is 1. The first-order valence-electron chi connectivity index (χ1n) is 5.64. The van der Waals surface area contributed by atoms with Gasteiger partial charge in [0.2, 0.25) is 5.89 Å². The molecular formula is C10H18N4O2. The number of aromatic nitrogens is 2. The Labute approximate surface area is 94.7 Å². The minimum Gasteiger partial charge on any atom is -0.406 e. The SMILES string of the molecule is CNC(C)c1nnc(N2CCCC2CO)o1. The molecule has 1 aromatic heterocycles. The number of hydrogen-bond acceptors (Lipinski definition) is 6. The van der Waals surface area contributed by atoms with Gasteiger partial charge in [-0.3, -0.25) is 0 Å². The number of hydrogen-bond donors (Lipinski definition) is 2. The molecule has 0 bridgehead atoms. The van der Waals surface area contributed by atoms with Gasteiger partial charge in [-0.05, 0) is 26.8 Å². The zero-order valence-electron chi connectivity index (χ0n) is 9.68. The smallest absolute Gasteiger partial charge is 0.318 e. The van der Waals surface area contributed by atoms with Gasteiger partial charge in [0.25, 0.3) is 0 Å². The Morgan fingerprint density at radius 3 is 3.12 bits per heavy atom. The topological polar surface area (TPSA) is 74.4 Å². The van der Waals surface area contributed by atoms with Crippen molar-refractivity contribution in [3.05, 3.63) is 5.89 Å². The average Bonchev–Trinajstić information content (AvgIpc) is 2.95. The Hall–Kier alpha value is -1.14. The molecule has 1 saturated heterocycles. The van der Waals surface area contributed by atoms with Crippen LogP contribution in [0.25, 0.3) is 0 Å². The van der Waals surface area contributed by atoms with Gasteiger partial charge in [-0.1, -0.05) is 5.10 Å². The third kappa shape index (κ3) is 2.03. The maximum Gasteiger partial charge on any atom is 0.318 e. The molecule has 2 rings (SSSR count). The molecule has 0 aromatic carbocycles. The van der Waals surface area contributed by atoms with Crippen molar-refractivity contribution >= 4 is 6.01 Å². The van der Waals surface area contributed by atoms with Crippen LogP contribution in [0.15, 0.2) is 4.42 Å². The van der Waals surface area contributed by atoms with Gasteiger partial charge in [0.15, 0.2) is 0 Å². The van der Waals surface area contributed by atoms with Gasteiger partial charge < -0.3 is 19.7 Å². The van der Waals surface area contributed by atoms with Crippen molar-refractivity contribution in [2.45, 2.75) is 31.8 Å². The molecule has 0 radical (unpaired) electrons. The highest BCUT2D eigenvalue weighted by molar-refractivity contribution is 5.28. The number of rotatable bonds is 4. The Bertz CT molecular complexity index is 341. The summed E-state index contributed by atoms with van der Waals surface area (Å²) in [5.74, 6) is 0.584. The van der Waals surface area contributed by atoms with Gasteiger partial charge in [0, 0.05) is 6.54 Å². The van der Waals surface area contributed by atoms with E-state index in [4.69, 9.17) is 4.42 Å². The molecule has 0 aliphatic carbocycles. The molecule has 1 aliphatic rings. The van der Waals surface area contributed by atoms with E-state index in [-0.39, 0.29) is 18.7 Å². The normalized spacial score (nSPS) is 22.7. The fraction of sp³-hybridized carbons (Fsp3) is 0.800. The van der Waals surface area contributed by atoms with Gasteiger partial charge >= 0.3 is 6.01 Å². The summed E-state index contributed by atoms with van der Waals surface area (Å²) in [4.78, 5) is 1.98. The average molecular weight is 226 g/mol. The Balaban J connectivity index is 2.12. The molecule has 1 aromatic rings. The van der Waals surface area contributed by atoms with Crippen LogP contribution in [0.2, 0.25) is 0 Å². The fourth-order valence-electron chi connectivity index (χ4n) is 1.92. The second kappa shape index (κ2) is 4.80. The van der Waals surface area contributed by atoms with E-state index in [2.05, 4.69) is 15.5 Å². The van der Waals surface area contributed by atoms with Crippen molar-refractivity contribution in [3.63, 3.8) is 0 Å². The van der Waals surface area contributed by atoms with E-state index >= 15 is 0 Å². The fourth-order valence-corrected chi connectivity index (χ4v) is 1.92. The standard InChI is InChI=1S/C10H18N4O2/c1-7(11-2)9-12-13-10(16-9)14-5-3-4-8(14)6-15/h7-8,11,15H,3-6H2,1-2H3. The zero-order valence-corrected chi connectivity index (χ0v) is 9.68. The molecule has 2 unspecified atom stereocenters. The van der Waals surface area contributed by atoms with Crippen LogP contribution in [-0.4, -0.2) is 41.5 Å². The van der Waals surface area contributed by atoms with Gasteiger partial charge in [-0.15, -0.1) is 5.10 Å². The van der Waals surface area contributed by atoms with E-state index in [1.807, 2.05) is 18.9 Å². The van der Waals surface area contributed by atoms with Crippen molar-refractivity contribution in [3.8, 4) is 0 Å². The molecule has 90 valence electrons. The molecule has 6 heteroatoms. The van der Waals surface area contributed by atoms with Gasteiger partial charge in [0.1, 0.15) is 0 Å². The molecular weight excluding hydrogens is 208 g/mol. The van der Waals surface area contributed by atoms with Crippen molar-refractivity contribution in [2.24, 2.45) is 0 Å². The van der Waals surface area contributed by atoms with Gasteiger partial charge in [0.05, 0.1) is 18.7 Å². The van der Waals surface area contributed by atoms with Crippen LogP contribution in [-0.2, 0) is 0 Å². The van der Waals surface area contributed by atoms with Crippen molar-refractivity contribution in [1.82, 2.24) is 15.5 Å². The second-order valence-electron chi connectivity index (χ2n) is 4.11. The van der Waals surface area contributed by atoms with Crippen LogP contribution in [0.3, 0.4) is 0 Å². The summed E-state index contributed by atoms with van der Waals surface area (Å²) in [5, 5.41) is 20.3. The summed E-state index contributed by atoms with van der Waals surface area (Å²) in [6.45, 7) is 2.98. The zero-order chi connectivity index (χ0) is 11.5. The van der Waals surface area contributed by atoms with Crippen LogP contribution in [0.1, 0.15) is 31.7 Å². The summed E-state index contributed by atoms with van der Waals surface area (Å²) in [6.07, 6.45) is 2.04. The summed E-state index contributed by atoms with van der Waals surface area (Å²) in [5.41, 5.74) is 0. The number of aliphatic hydroxyl groups is 1. The highest BCUT2D eigenvalue weighted by atomic mass is 16.4. The van der Waals surface area contributed by atoms with Crippen LogP contribution in [0, 0.1) is 0 Å². The van der Waals surface area contributed by atoms with E-state index < -0.39 is 0 Å². The second-order valence-corrected chi connectivity index (χ2v) is 4.11. The highest BCUT2D eigenvalue weighted by Crippen LogP contribution is 2.25. The molecule has 16 heavy (non-hydrogen) atoms.